The first-order valence-corrected chi connectivity index (χ1v) is 26.7. The third-order valence-electron chi connectivity index (χ3n) is 12.1. The third-order valence-corrected chi connectivity index (χ3v) is 12.1. The second-order valence-corrected chi connectivity index (χ2v) is 18.6. The number of aliphatic imine (C=N–C) groups is 2. The van der Waals surface area contributed by atoms with Crippen molar-refractivity contribution >= 4 is 34.7 Å². The van der Waals surface area contributed by atoms with Gasteiger partial charge in [0.15, 0.2) is 23.0 Å². The van der Waals surface area contributed by atoms with Gasteiger partial charge >= 0.3 is 20.4 Å². The summed E-state index contributed by atoms with van der Waals surface area (Å²) in [6.45, 7) is 17.2. The molecule has 0 saturated carbocycles. The Balaban J connectivity index is 0.000000720. The fourth-order valence-electron chi connectivity index (χ4n) is 8.58. The maximum Gasteiger partial charge on any atom is 2.00 e. The van der Waals surface area contributed by atoms with Gasteiger partial charge in [-0.2, -0.15) is 0 Å². The molecule has 0 fully saturated rings. The molecule has 0 aliphatic carbocycles. The summed E-state index contributed by atoms with van der Waals surface area (Å²) < 4.78 is 0. The van der Waals surface area contributed by atoms with E-state index in [0.717, 1.165) is 93.4 Å². The van der Waals surface area contributed by atoms with E-state index in [2.05, 4.69) is 90.1 Å². The number of nitrogens with zero attached hydrogens (tertiary/aromatic N) is 2. The van der Waals surface area contributed by atoms with Crippen molar-refractivity contribution in [3.05, 3.63) is 117 Å². The Morgan fingerprint density at radius 3 is 1.17 bits per heavy atom. The molecule has 0 heterocycles. The minimum atomic E-state index is -1.47. The van der Waals surface area contributed by atoms with E-state index in [1.165, 1.54) is 111 Å². The second kappa shape index (κ2) is 37.5. The van der Waals surface area contributed by atoms with E-state index in [-0.39, 0.29) is 31.5 Å². The van der Waals surface area contributed by atoms with Crippen LogP contribution in [0.4, 0.5) is 11.4 Å². The molecule has 4 rings (SSSR count). The molecule has 0 unspecified atom stereocenters. The minimum Gasteiger partial charge on any atom is -0.545 e. The van der Waals surface area contributed by atoms with Crippen LogP contribution in [0.25, 0.3) is 0 Å². The predicted molar refractivity (Wildman–Crippen MR) is 291 cm³/mol. The largest absolute Gasteiger partial charge is 2.00 e. The second-order valence-electron chi connectivity index (χ2n) is 18.6. The van der Waals surface area contributed by atoms with Crippen molar-refractivity contribution in [3.8, 4) is 23.0 Å². The molecule has 0 aliphatic heterocycles. The number of unbranched alkanes of at least 4 members (excludes halogenated alkanes) is 10. The number of carbonyl (C=O) groups is 2. The summed E-state index contributed by atoms with van der Waals surface area (Å²) in [5, 5.41) is 58.2. The number of carboxylic acid groups (broad SMARTS) is 2. The molecule has 0 aliphatic rings. The zero-order chi connectivity index (χ0) is 52.6. The molecule has 0 atom stereocenters. The Morgan fingerprint density at radius 2 is 0.819 bits per heavy atom. The van der Waals surface area contributed by atoms with Gasteiger partial charge in [0.25, 0.3) is 0 Å². The van der Waals surface area contributed by atoms with Crippen LogP contribution in [0.15, 0.2) is 82.8 Å². The monoisotopic (exact) mass is 1080 g/mol. The van der Waals surface area contributed by atoms with Crippen molar-refractivity contribution in [2.45, 2.75) is 203 Å². The number of carbonyl (C=O) groups excluding carboxylic acids is 2. The first kappa shape index (κ1) is 64.8. The number of hydrogen-bond donors (Lipinski definition) is 4. The van der Waals surface area contributed by atoms with E-state index in [9.17, 15) is 30.0 Å². The van der Waals surface area contributed by atoms with Crippen molar-refractivity contribution in [2.24, 2.45) is 9.98 Å². The maximum absolute atomic E-state index is 10.7. The molecule has 0 saturated heterocycles. The van der Waals surface area contributed by atoms with Gasteiger partial charge in [-0.05, 0) is 134 Å². The minimum absolute atomic E-state index is 0. The maximum atomic E-state index is 10.7. The summed E-state index contributed by atoms with van der Waals surface area (Å²) in [4.78, 5) is 31.8. The molecule has 0 bridgehead atoms. The summed E-state index contributed by atoms with van der Waals surface area (Å²) in [5.41, 5.74) is 10.0. The van der Waals surface area contributed by atoms with E-state index >= 15 is 0 Å². The van der Waals surface area contributed by atoms with Gasteiger partial charge in [0.1, 0.15) is 0 Å². The molecular formula is C61H86N2O8Pd. The number of phenols is 4. The van der Waals surface area contributed by atoms with Gasteiger partial charge in [-0.25, -0.2) is 4.99 Å². The number of benzene rings is 4. The summed E-state index contributed by atoms with van der Waals surface area (Å²) in [5.74, 6) is -5.05. The van der Waals surface area contributed by atoms with E-state index in [1.54, 1.807) is 0 Å². The van der Waals surface area contributed by atoms with Crippen LogP contribution in [0.1, 0.15) is 219 Å². The Bertz CT molecular complexity index is 2200. The van der Waals surface area contributed by atoms with Crippen molar-refractivity contribution in [2.75, 3.05) is 0 Å². The number of aryl methyl sites for hydroxylation is 6. The van der Waals surface area contributed by atoms with Crippen LogP contribution in [0.2, 0.25) is 0 Å². The van der Waals surface area contributed by atoms with Gasteiger partial charge < -0.3 is 40.2 Å². The van der Waals surface area contributed by atoms with Crippen LogP contribution >= 0.6 is 0 Å². The molecule has 0 radical (unpaired) electrons. The quantitative estimate of drug-likeness (QED) is 0.0179. The van der Waals surface area contributed by atoms with E-state index in [1.807, 2.05) is 13.8 Å². The van der Waals surface area contributed by atoms with Crippen molar-refractivity contribution in [3.63, 3.8) is 0 Å². The van der Waals surface area contributed by atoms with E-state index in [4.69, 9.17) is 20.2 Å². The molecule has 4 aromatic rings. The van der Waals surface area contributed by atoms with Gasteiger partial charge in [0.05, 0.1) is 34.7 Å². The first-order valence-electron chi connectivity index (χ1n) is 26.7. The van der Waals surface area contributed by atoms with E-state index < -0.39 is 34.9 Å². The van der Waals surface area contributed by atoms with Crippen LogP contribution in [0, 0.1) is 0 Å². The normalized spacial score (nSPS) is 11.4. The fourth-order valence-corrected chi connectivity index (χ4v) is 8.58. The topological polar surface area (TPSA) is 186 Å². The van der Waals surface area contributed by atoms with Gasteiger partial charge in [-0.1, -0.05) is 175 Å². The molecular weight excluding hydrogens is 995 g/mol. The van der Waals surface area contributed by atoms with Crippen LogP contribution in [-0.4, -0.2) is 43.8 Å². The number of aromatic carboxylic acids is 2. The summed E-state index contributed by atoms with van der Waals surface area (Å²) in [7, 11) is 0. The molecule has 11 heteroatoms. The summed E-state index contributed by atoms with van der Waals surface area (Å²) in [6, 6.07) is 19.4. The van der Waals surface area contributed by atoms with Crippen molar-refractivity contribution < 1.29 is 60.7 Å². The van der Waals surface area contributed by atoms with Crippen LogP contribution in [-0.2, 0) is 58.9 Å². The SMILES string of the molecule is CCCCCCCCCCCCC=CC(=Nc1cc(CCC)cc(CCC)c1)C(C)=Nc1cc(CCC)cc(CCC)c1.CCCc1ccc(O)c(O)c1C(=O)[O-].CCCc1ccc(O)c(O)c1C(=O)[O-].[Pd+2]. The number of phenolic OH excluding ortho intramolecular Hbond substituents is 2. The number of hydrogen-bond acceptors (Lipinski definition) is 10. The molecule has 4 aromatic carbocycles. The number of carboxylic acids is 2. The summed E-state index contributed by atoms with van der Waals surface area (Å²) in [6.07, 6.45) is 31.0. The Kier molecular flexibility index (Phi) is 33.7. The van der Waals surface area contributed by atoms with Crippen LogP contribution in [0.5, 0.6) is 23.0 Å². The number of rotatable bonds is 29. The van der Waals surface area contributed by atoms with Crippen LogP contribution in [0.3, 0.4) is 0 Å². The molecule has 398 valence electrons. The van der Waals surface area contributed by atoms with Gasteiger partial charge in [0, 0.05) is 11.1 Å². The third kappa shape index (κ3) is 24.0. The zero-order valence-corrected chi connectivity index (χ0v) is 46.4. The molecule has 10 nitrogen and oxygen atoms in total. The van der Waals surface area contributed by atoms with Crippen molar-refractivity contribution in [1.82, 2.24) is 0 Å². The zero-order valence-electron chi connectivity index (χ0n) is 44.8. The Hall–Kier alpha value is -5.24. The fraction of sp³-hybridized carbons (Fsp3) is 0.508. The molecule has 0 aromatic heterocycles. The first-order chi connectivity index (χ1) is 34.2. The smallest absolute Gasteiger partial charge is 0.545 e. The van der Waals surface area contributed by atoms with Gasteiger partial charge in [0.2, 0.25) is 0 Å². The predicted octanol–water partition coefficient (Wildman–Crippen LogP) is 14.1. The van der Waals surface area contributed by atoms with Gasteiger partial charge in [-0.15, -0.1) is 0 Å². The number of aromatic hydroxyl groups is 4. The van der Waals surface area contributed by atoms with Crippen LogP contribution < -0.4 is 10.2 Å². The molecule has 4 N–H and O–H groups in total. The number of allylic oxidation sites excluding steroid dienone is 2. The molecule has 0 amide bonds. The van der Waals surface area contributed by atoms with Gasteiger partial charge in [-0.3, -0.25) is 4.99 Å². The standard InChI is InChI=1S/C41H64N2.2C10H12O4.Pd/c1-7-12-13-14-15-16-17-18-19-20-21-22-27-41(43-40-32-37(25-10-4)29-38(33-40)26-11-5)34(6)42-39-30-35(23-8-2)28-36(31-39)24-9-3;2*1-2-3-6-4-5-7(11)9(12)8(6)10(13)14;/h22,27-33H,7-21,23-26H2,1-6H3;2*4-5,11-12H,2-3H2,1H3,(H,13,14);/q;;;+2/p-2. The Labute approximate surface area is 446 Å². The average molecular weight is 1080 g/mol. The van der Waals surface area contributed by atoms with E-state index in [0.29, 0.717) is 24.0 Å². The molecule has 0 spiro atoms. The molecule has 72 heavy (non-hydrogen) atoms. The summed E-state index contributed by atoms with van der Waals surface area (Å²) >= 11 is 0. The average Bonchev–Trinajstić information content (AvgIpc) is 3.32. The Morgan fingerprint density at radius 1 is 0.472 bits per heavy atom. The van der Waals surface area contributed by atoms with Crippen molar-refractivity contribution in [1.29, 1.82) is 0 Å².